The molecule has 116 valence electrons. The molecule has 21 heavy (non-hydrogen) atoms. The van der Waals surface area contributed by atoms with Crippen molar-refractivity contribution in [2.45, 2.75) is 25.1 Å². The lowest BCUT2D eigenvalue weighted by atomic mass is 10.0. The van der Waals surface area contributed by atoms with E-state index in [2.05, 4.69) is 5.32 Å². The Balaban J connectivity index is 2.64. The van der Waals surface area contributed by atoms with Crippen molar-refractivity contribution in [3.05, 3.63) is 35.9 Å². The van der Waals surface area contributed by atoms with E-state index in [1.165, 1.54) is 0 Å². The van der Waals surface area contributed by atoms with Gasteiger partial charge in [0, 0.05) is 6.42 Å². The van der Waals surface area contributed by atoms with Gasteiger partial charge in [0.2, 0.25) is 0 Å². The molecule has 0 heterocycles. The van der Waals surface area contributed by atoms with Gasteiger partial charge in [-0.15, -0.1) is 0 Å². The first kappa shape index (κ1) is 16.8. The summed E-state index contributed by atoms with van der Waals surface area (Å²) in [5.41, 5.74) is 0.626. The molecule has 0 saturated carbocycles. The molecule has 0 aliphatic rings. The summed E-state index contributed by atoms with van der Waals surface area (Å²) < 4.78 is 36.0. The largest absolute Gasteiger partial charge is 0.481 e. The Morgan fingerprint density at radius 3 is 2.33 bits per heavy atom. The van der Waals surface area contributed by atoms with Crippen molar-refractivity contribution in [3.63, 3.8) is 0 Å². The Kier molecular flexibility index (Phi) is 6.01. The van der Waals surface area contributed by atoms with Crippen LogP contribution in [-0.4, -0.2) is 29.8 Å². The quantitative estimate of drug-likeness (QED) is 0.755. The molecule has 0 fully saturated rings. The first-order valence-corrected chi connectivity index (χ1v) is 6.16. The maximum Gasteiger partial charge on any atom is 0.405 e. The van der Waals surface area contributed by atoms with Crippen LogP contribution in [0.4, 0.5) is 18.0 Å². The Labute approximate surface area is 119 Å². The van der Waals surface area contributed by atoms with E-state index < -0.39 is 30.8 Å². The summed E-state index contributed by atoms with van der Waals surface area (Å²) in [6.07, 6.45) is -4.63. The predicted octanol–water partition coefficient (Wildman–Crippen LogP) is 2.45. The Hall–Kier alpha value is -2.25. The van der Waals surface area contributed by atoms with Crippen molar-refractivity contribution < 1.29 is 27.9 Å². The lowest BCUT2D eigenvalue weighted by Crippen LogP contribution is -2.42. The molecule has 1 unspecified atom stereocenters. The number of aliphatic carboxylic acids is 1. The minimum Gasteiger partial charge on any atom is -0.481 e. The SMILES string of the molecule is O=C(O)CCC(NC(=O)NCC(F)(F)F)c1ccccc1. The number of carboxylic acids is 1. The van der Waals surface area contributed by atoms with E-state index >= 15 is 0 Å². The number of halogens is 3. The number of rotatable bonds is 6. The highest BCUT2D eigenvalue weighted by molar-refractivity contribution is 5.74. The third-order valence-electron chi connectivity index (χ3n) is 2.60. The first-order chi connectivity index (χ1) is 9.78. The van der Waals surface area contributed by atoms with Crippen LogP contribution in [0.25, 0.3) is 0 Å². The number of hydrogen-bond acceptors (Lipinski definition) is 2. The molecule has 0 bridgehead atoms. The minimum atomic E-state index is -4.50. The van der Waals surface area contributed by atoms with Crippen LogP contribution in [0.5, 0.6) is 0 Å². The number of urea groups is 1. The van der Waals surface area contributed by atoms with Crippen LogP contribution in [-0.2, 0) is 4.79 Å². The maximum atomic E-state index is 12.0. The number of alkyl halides is 3. The van der Waals surface area contributed by atoms with Gasteiger partial charge in [-0.25, -0.2) is 4.79 Å². The summed E-state index contributed by atoms with van der Waals surface area (Å²) in [5, 5.41) is 12.7. The van der Waals surface area contributed by atoms with Crippen LogP contribution in [0, 0.1) is 0 Å². The average Bonchev–Trinajstić information content (AvgIpc) is 2.41. The summed E-state index contributed by atoms with van der Waals surface area (Å²) in [6.45, 7) is -1.45. The molecule has 1 atom stereocenters. The number of nitrogens with one attached hydrogen (secondary N) is 2. The molecular formula is C13H15F3N2O3. The van der Waals surface area contributed by atoms with E-state index in [1.807, 2.05) is 0 Å². The number of carbonyl (C=O) groups is 2. The van der Waals surface area contributed by atoms with Crippen molar-refractivity contribution in [3.8, 4) is 0 Å². The third-order valence-corrected chi connectivity index (χ3v) is 2.60. The second-order valence-electron chi connectivity index (χ2n) is 4.34. The summed E-state index contributed by atoms with van der Waals surface area (Å²) in [7, 11) is 0. The standard InChI is InChI=1S/C13H15F3N2O3/c14-13(15,16)8-17-12(21)18-10(6-7-11(19)20)9-4-2-1-3-5-9/h1-5,10H,6-8H2,(H,19,20)(H2,17,18,21). The summed E-state index contributed by atoms with van der Waals surface area (Å²) in [6, 6.07) is 6.79. The van der Waals surface area contributed by atoms with Gasteiger partial charge in [-0.1, -0.05) is 30.3 Å². The van der Waals surface area contributed by atoms with Gasteiger partial charge in [0.05, 0.1) is 6.04 Å². The summed E-state index contributed by atoms with van der Waals surface area (Å²) >= 11 is 0. The fourth-order valence-electron chi connectivity index (χ4n) is 1.67. The van der Waals surface area contributed by atoms with Gasteiger partial charge >= 0.3 is 18.2 Å². The second kappa shape index (κ2) is 7.51. The van der Waals surface area contributed by atoms with E-state index in [4.69, 9.17) is 5.11 Å². The molecule has 0 aliphatic carbocycles. The highest BCUT2D eigenvalue weighted by Crippen LogP contribution is 2.18. The fraction of sp³-hybridized carbons (Fsp3) is 0.385. The predicted molar refractivity (Wildman–Crippen MR) is 68.6 cm³/mol. The van der Waals surface area contributed by atoms with Crippen molar-refractivity contribution in [1.82, 2.24) is 10.6 Å². The van der Waals surface area contributed by atoms with Crippen molar-refractivity contribution in [2.75, 3.05) is 6.54 Å². The smallest absolute Gasteiger partial charge is 0.405 e. The van der Waals surface area contributed by atoms with Crippen LogP contribution in [0.15, 0.2) is 30.3 Å². The van der Waals surface area contributed by atoms with Crippen molar-refractivity contribution in [1.29, 1.82) is 0 Å². The summed E-state index contributed by atoms with van der Waals surface area (Å²) in [5.74, 6) is -1.05. The zero-order chi connectivity index (χ0) is 15.9. The van der Waals surface area contributed by atoms with Crippen molar-refractivity contribution >= 4 is 12.0 Å². The van der Waals surface area contributed by atoms with Crippen LogP contribution in [0.1, 0.15) is 24.4 Å². The van der Waals surface area contributed by atoms with Crippen molar-refractivity contribution in [2.24, 2.45) is 0 Å². The molecule has 3 N–H and O–H groups in total. The van der Waals surface area contributed by atoms with Crippen LogP contribution < -0.4 is 10.6 Å². The lowest BCUT2D eigenvalue weighted by Gasteiger charge is -2.19. The number of benzene rings is 1. The third kappa shape index (κ3) is 7.19. The molecule has 0 aliphatic heterocycles. The van der Waals surface area contributed by atoms with Gasteiger partial charge in [-0.05, 0) is 12.0 Å². The maximum absolute atomic E-state index is 12.0. The molecule has 0 radical (unpaired) electrons. The molecule has 0 saturated heterocycles. The van der Waals surface area contributed by atoms with E-state index in [0.717, 1.165) is 0 Å². The Morgan fingerprint density at radius 2 is 1.81 bits per heavy atom. The van der Waals surface area contributed by atoms with Gasteiger partial charge in [-0.3, -0.25) is 4.79 Å². The zero-order valence-corrected chi connectivity index (χ0v) is 11.0. The monoisotopic (exact) mass is 304 g/mol. The number of carbonyl (C=O) groups excluding carboxylic acids is 1. The van der Waals surface area contributed by atoms with Crippen LogP contribution in [0.2, 0.25) is 0 Å². The number of amides is 2. The van der Waals surface area contributed by atoms with Gasteiger partial charge in [-0.2, -0.15) is 13.2 Å². The Bertz CT molecular complexity index is 477. The van der Waals surface area contributed by atoms with Gasteiger partial charge in [0.25, 0.3) is 0 Å². The molecular weight excluding hydrogens is 289 g/mol. The Morgan fingerprint density at radius 1 is 1.19 bits per heavy atom. The second-order valence-corrected chi connectivity index (χ2v) is 4.34. The molecule has 1 aromatic carbocycles. The first-order valence-electron chi connectivity index (χ1n) is 6.16. The number of hydrogen-bond donors (Lipinski definition) is 3. The van der Waals surface area contributed by atoms with Crippen LogP contribution in [0.3, 0.4) is 0 Å². The van der Waals surface area contributed by atoms with Gasteiger partial charge < -0.3 is 15.7 Å². The van der Waals surface area contributed by atoms with Gasteiger partial charge in [0.15, 0.2) is 0 Å². The van der Waals surface area contributed by atoms with E-state index in [1.54, 1.807) is 35.6 Å². The van der Waals surface area contributed by atoms with Gasteiger partial charge in [0.1, 0.15) is 6.54 Å². The molecule has 1 aromatic rings. The summed E-state index contributed by atoms with van der Waals surface area (Å²) in [4.78, 5) is 22.0. The number of carboxylic acid groups (broad SMARTS) is 1. The minimum absolute atomic E-state index is 0.0821. The molecule has 5 nitrogen and oxygen atoms in total. The highest BCUT2D eigenvalue weighted by Gasteiger charge is 2.28. The van der Waals surface area contributed by atoms with E-state index in [-0.39, 0.29) is 12.8 Å². The molecule has 1 rings (SSSR count). The van der Waals surface area contributed by atoms with E-state index in [9.17, 15) is 22.8 Å². The van der Waals surface area contributed by atoms with Crippen LogP contribution >= 0.6 is 0 Å². The molecule has 2 amide bonds. The fourth-order valence-corrected chi connectivity index (χ4v) is 1.67. The lowest BCUT2D eigenvalue weighted by molar-refractivity contribution is -0.137. The molecule has 0 aromatic heterocycles. The van der Waals surface area contributed by atoms with E-state index in [0.29, 0.717) is 5.56 Å². The molecule has 8 heteroatoms. The average molecular weight is 304 g/mol. The zero-order valence-electron chi connectivity index (χ0n) is 11.0. The normalized spacial score (nSPS) is 12.5. The topological polar surface area (TPSA) is 78.4 Å². The highest BCUT2D eigenvalue weighted by atomic mass is 19.4. The molecule has 0 spiro atoms.